The molecule has 27 heavy (non-hydrogen) atoms. The zero-order chi connectivity index (χ0) is 19.6. The van der Waals surface area contributed by atoms with Gasteiger partial charge in [0.15, 0.2) is 0 Å². The van der Waals surface area contributed by atoms with Gasteiger partial charge in [-0.05, 0) is 37.1 Å². The molecule has 0 aliphatic rings. The zero-order valence-corrected chi connectivity index (χ0v) is 16.8. The van der Waals surface area contributed by atoms with E-state index in [1.165, 1.54) is 15.9 Å². The predicted molar refractivity (Wildman–Crippen MR) is 107 cm³/mol. The van der Waals surface area contributed by atoms with Crippen molar-refractivity contribution < 1.29 is 13.9 Å². The lowest BCUT2D eigenvalue weighted by Crippen LogP contribution is -2.26. The second-order valence-corrected chi connectivity index (χ2v) is 7.52. The highest BCUT2D eigenvalue weighted by Crippen LogP contribution is 2.37. The molecule has 2 heterocycles. The Kier molecular flexibility index (Phi) is 5.92. The highest BCUT2D eigenvalue weighted by atomic mass is 32.1. The minimum Gasteiger partial charge on any atom is -0.496 e. The number of aromatic nitrogens is 2. The first-order valence-corrected chi connectivity index (χ1v) is 9.56. The lowest BCUT2D eigenvalue weighted by molar-refractivity contribution is 0.199. The van der Waals surface area contributed by atoms with Crippen LogP contribution >= 0.6 is 11.3 Å². The summed E-state index contributed by atoms with van der Waals surface area (Å²) in [6, 6.07) is 5.84. The fraction of sp³-hybridized carbons (Fsp3) is 0.400. The zero-order valence-electron chi connectivity index (χ0n) is 16.0. The number of benzene rings is 1. The van der Waals surface area contributed by atoms with Gasteiger partial charge in [-0.2, -0.15) is 0 Å². The number of halogens is 1. The average molecular weight is 390 g/mol. The van der Waals surface area contributed by atoms with Gasteiger partial charge in [0.2, 0.25) is 0 Å². The van der Waals surface area contributed by atoms with Crippen LogP contribution in [0.5, 0.6) is 5.75 Å². The molecular formula is C20H23FN2O3S. The first-order valence-electron chi connectivity index (χ1n) is 8.74. The van der Waals surface area contributed by atoms with Crippen molar-refractivity contribution in [1.29, 1.82) is 0 Å². The van der Waals surface area contributed by atoms with Crippen molar-refractivity contribution in [3.63, 3.8) is 0 Å². The molecule has 0 atom stereocenters. The molecule has 144 valence electrons. The molecule has 0 radical (unpaired) electrons. The number of alkyl halides is 1. The smallest absolute Gasteiger partial charge is 0.263 e. The maximum atomic E-state index is 13.2. The van der Waals surface area contributed by atoms with Crippen molar-refractivity contribution >= 4 is 21.6 Å². The molecule has 0 bridgehead atoms. The molecule has 0 spiro atoms. The number of fused-ring (bicyclic) bond motifs is 1. The second-order valence-electron chi connectivity index (χ2n) is 6.31. The van der Waals surface area contributed by atoms with Crippen LogP contribution in [0.4, 0.5) is 4.39 Å². The minimum absolute atomic E-state index is 0.00318. The van der Waals surface area contributed by atoms with Gasteiger partial charge >= 0.3 is 0 Å². The molecule has 2 aromatic heterocycles. The first kappa shape index (κ1) is 19.5. The van der Waals surface area contributed by atoms with Gasteiger partial charge in [0.1, 0.15) is 23.1 Å². The molecule has 0 aliphatic heterocycles. The molecule has 1 aromatic carbocycles. The quantitative estimate of drug-likeness (QED) is 0.614. The molecule has 0 aliphatic carbocycles. The van der Waals surface area contributed by atoms with Crippen molar-refractivity contribution in [2.24, 2.45) is 0 Å². The molecule has 0 N–H and O–H groups in total. The molecule has 5 nitrogen and oxygen atoms in total. The molecule has 0 unspecified atom stereocenters. The second kappa shape index (κ2) is 8.19. The van der Waals surface area contributed by atoms with Crippen LogP contribution in [0.3, 0.4) is 0 Å². The molecule has 3 rings (SSSR count). The Labute approximate surface area is 161 Å². The van der Waals surface area contributed by atoms with E-state index in [2.05, 4.69) is 4.98 Å². The van der Waals surface area contributed by atoms with Crippen LogP contribution in [0, 0.1) is 13.8 Å². The van der Waals surface area contributed by atoms with Crippen molar-refractivity contribution in [1.82, 2.24) is 9.55 Å². The standard InChI is InChI=1S/C20H23FN2O3S/c1-12-11-14(5-6-15(12)26-4)17-13(2)27-19-18(17)20(24)23(9-8-21)16(22-19)7-10-25-3/h5-6,11H,7-10H2,1-4H3. The third-order valence-electron chi connectivity index (χ3n) is 4.59. The summed E-state index contributed by atoms with van der Waals surface area (Å²) in [6.45, 7) is 3.76. The van der Waals surface area contributed by atoms with Gasteiger partial charge in [-0.15, -0.1) is 11.3 Å². The fourth-order valence-corrected chi connectivity index (χ4v) is 4.37. The van der Waals surface area contributed by atoms with E-state index in [1.807, 2.05) is 32.0 Å². The van der Waals surface area contributed by atoms with Crippen LogP contribution in [0.1, 0.15) is 16.3 Å². The van der Waals surface area contributed by atoms with E-state index in [0.717, 1.165) is 27.3 Å². The number of methoxy groups -OCH3 is 2. The van der Waals surface area contributed by atoms with Crippen LogP contribution in [-0.4, -0.2) is 37.1 Å². The van der Waals surface area contributed by atoms with Crippen molar-refractivity contribution in [2.75, 3.05) is 27.5 Å². The molecular weight excluding hydrogens is 367 g/mol. The van der Waals surface area contributed by atoms with Gasteiger partial charge in [-0.1, -0.05) is 6.07 Å². The largest absolute Gasteiger partial charge is 0.496 e. The molecule has 3 aromatic rings. The summed E-state index contributed by atoms with van der Waals surface area (Å²) in [5.74, 6) is 1.36. The van der Waals surface area contributed by atoms with Gasteiger partial charge in [-0.3, -0.25) is 9.36 Å². The Bertz CT molecular complexity index is 1030. The molecule has 7 heteroatoms. The summed E-state index contributed by atoms with van der Waals surface area (Å²) in [4.78, 5) is 19.6. The Hall–Kier alpha value is -2.25. The monoisotopic (exact) mass is 390 g/mol. The van der Waals surface area contributed by atoms with Crippen LogP contribution in [-0.2, 0) is 17.7 Å². The predicted octanol–water partition coefficient (Wildman–Crippen LogP) is 3.91. The van der Waals surface area contributed by atoms with Crippen molar-refractivity contribution in [3.8, 4) is 16.9 Å². The normalized spacial score (nSPS) is 11.3. The van der Waals surface area contributed by atoms with Gasteiger partial charge in [0, 0.05) is 24.0 Å². The summed E-state index contributed by atoms with van der Waals surface area (Å²) in [6.07, 6.45) is 0.468. The molecule has 0 saturated heterocycles. The summed E-state index contributed by atoms with van der Waals surface area (Å²) >= 11 is 1.49. The van der Waals surface area contributed by atoms with Crippen molar-refractivity contribution in [2.45, 2.75) is 26.8 Å². The maximum absolute atomic E-state index is 13.2. The number of aryl methyl sites for hydroxylation is 2. The Morgan fingerprint density at radius 2 is 2.04 bits per heavy atom. The first-order chi connectivity index (χ1) is 13.0. The number of rotatable bonds is 7. The van der Waals surface area contributed by atoms with Crippen LogP contribution in [0.25, 0.3) is 21.3 Å². The molecule has 0 saturated carbocycles. The summed E-state index contributed by atoms with van der Waals surface area (Å²) in [5.41, 5.74) is 2.59. The Morgan fingerprint density at radius 1 is 1.26 bits per heavy atom. The van der Waals surface area contributed by atoms with Gasteiger partial charge in [0.05, 0.1) is 25.6 Å². The van der Waals surface area contributed by atoms with Crippen LogP contribution in [0.2, 0.25) is 0 Å². The topological polar surface area (TPSA) is 53.4 Å². The van der Waals surface area contributed by atoms with E-state index in [0.29, 0.717) is 29.1 Å². The maximum Gasteiger partial charge on any atom is 0.263 e. The lowest BCUT2D eigenvalue weighted by atomic mass is 10.0. The fourth-order valence-electron chi connectivity index (χ4n) is 3.32. The van der Waals surface area contributed by atoms with E-state index >= 15 is 0 Å². The average Bonchev–Trinajstić information content (AvgIpc) is 2.98. The van der Waals surface area contributed by atoms with E-state index in [4.69, 9.17) is 9.47 Å². The number of ether oxygens (including phenoxy) is 2. The number of thiophene rings is 1. The molecule has 0 amide bonds. The highest BCUT2D eigenvalue weighted by Gasteiger charge is 2.20. The lowest BCUT2D eigenvalue weighted by Gasteiger charge is -2.12. The Morgan fingerprint density at radius 3 is 2.67 bits per heavy atom. The van der Waals surface area contributed by atoms with E-state index < -0.39 is 6.67 Å². The third-order valence-corrected chi connectivity index (χ3v) is 5.59. The summed E-state index contributed by atoms with van der Waals surface area (Å²) in [5, 5.41) is 0.552. The SMILES string of the molecule is COCCc1nc2sc(C)c(-c3ccc(OC)c(C)c3)c2c(=O)n1CCF. The van der Waals surface area contributed by atoms with E-state index in [-0.39, 0.29) is 12.1 Å². The number of nitrogens with zero attached hydrogens (tertiary/aromatic N) is 2. The number of hydrogen-bond donors (Lipinski definition) is 0. The van der Waals surface area contributed by atoms with Gasteiger partial charge in [0.25, 0.3) is 5.56 Å². The highest BCUT2D eigenvalue weighted by molar-refractivity contribution is 7.19. The van der Waals surface area contributed by atoms with Crippen LogP contribution < -0.4 is 10.3 Å². The summed E-state index contributed by atoms with van der Waals surface area (Å²) < 4.78 is 25.0. The van der Waals surface area contributed by atoms with Gasteiger partial charge < -0.3 is 9.47 Å². The van der Waals surface area contributed by atoms with Crippen LogP contribution in [0.15, 0.2) is 23.0 Å². The number of hydrogen-bond acceptors (Lipinski definition) is 5. The Balaban J connectivity index is 2.25. The van der Waals surface area contributed by atoms with Gasteiger partial charge in [-0.25, -0.2) is 9.37 Å². The third kappa shape index (κ3) is 3.61. The van der Waals surface area contributed by atoms with E-state index in [9.17, 15) is 9.18 Å². The summed E-state index contributed by atoms with van der Waals surface area (Å²) in [7, 11) is 3.23. The minimum atomic E-state index is -0.618. The molecule has 0 fully saturated rings. The van der Waals surface area contributed by atoms with E-state index in [1.54, 1.807) is 14.2 Å². The van der Waals surface area contributed by atoms with Crippen molar-refractivity contribution in [3.05, 3.63) is 44.8 Å².